The maximum Gasteiger partial charge on any atom is 0.317 e. The highest BCUT2D eigenvalue weighted by atomic mass is 35.5. The Hall–Kier alpha value is -1.31. The van der Waals surface area contributed by atoms with Crippen LogP contribution >= 0.6 is 11.6 Å². The zero-order chi connectivity index (χ0) is 15.6. The molecule has 1 heterocycles. The quantitative estimate of drug-likeness (QED) is 0.838. The van der Waals surface area contributed by atoms with Crippen LogP contribution in [0.3, 0.4) is 0 Å². The van der Waals surface area contributed by atoms with Gasteiger partial charge < -0.3 is 10.2 Å². The number of sulfone groups is 1. The molecule has 1 fully saturated rings. The van der Waals surface area contributed by atoms with Gasteiger partial charge in [0.25, 0.3) is 0 Å². The molecule has 1 aromatic carbocycles. The van der Waals surface area contributed by atoms with E-state index in [1.165, 1.54) is 12.1 Å². The Balaban J connectivity index is 2.20. The van der Waals surface area contributed by atoms with Gasteiger partial charge in [-0.2, -0.15) is 0 Å². The number of carboxylic acids is 1. The molecule has 2 rings (SSSR count). The van der Waals surface area contributed by atoms with Gasteiger partial charge in [0.2, 0.25) is 0 Å². The molecule has 0 amide bonds. The highest BCUT2D eigenvalue weighted by Gasteiger charge is 2.33. The van der Waals surface area contributed by atoms with Gasteiger partial charge in [-0.25, -0.2) is 8.42 Å². The molecule has 116 valence electrons. The van der Waals surface area contributed by atoms with Gasteiger partial charge in [-0.1, -0.05) is 11.6 Å². The Morgan fingerprint density at radius 3 is 2.71 bits per heavy atom. The molecule has 1 aliphatic heterocycles. The number of benzene rings is 1. The van der Waals surface area contributed by atoms with E-state index in [0.29, 0.717) is 17.0 Å². The smallest absolute Gasteiger partial charge is 0.317 e. The van der Waals surface area contributed by atoms with Crippen molar-refractivity contribution in [1.29, 1.82) is 0 Å². The molecule has 21 heavy (non-hydrogen) atoms. The van der Waals surface area contributed by atoms with Crippen LogP contribution in [0.2, 0.25) is 5.02 Å². The topological polar surface area (TPSA) is 94.9 Å². The molecule has 1 aliphatic rings. The third-order valence-electron chi connectivity index (χ3n) is 3.48. The van der Waals surface area contributed by atoms with E-state index in [-0.39, 0.29) is 36.4 Å². The van der Waals surface area contributed by atoms with Crippen LogP contribution in [0.15, 0.2) is 18.2 Å². The maximum atomic E-state index is 11.6. The number of rotatable bonds is 5. The van der Waals surface area contributed by atoms with E-state index in [9.17, 15) is 18.3 Å². The molecular formula is C13H16ClNO5S. The summed E-state index contributed by atoms with van der Waals surface area (Å²) in [6.45, 7) is -0.148. The first-order valence-electron chi connectivity index (χ1n) is 6.40. The fraction of sp³-hybridized carbons (Fsp3) is 0.462. The first kappa shape index (κ1) is 16.1. The number of halogens is 1. The lowest BCUT2D eigenvalue weighted by molar-refractivity contribution is -0.139. The van der Waals surface area contributed by atoms with Crippen LogP contribution in [-0.2, 0) is 21.2 Å². The molecular weight excluding hydrogens is 318 g/mol. The molecule has 0 radical (unpaired) electrons. The van der Waals surface area contributed by atoms with E-state index in [4.69, 9.17) is 16.7 Å². The van der Waals surface area contributed by atoms with E-state index in [2.05, 4.69) is 0 Å². The molecule has 0 spiro atoms. The van der Waals surface area contributed by atoms with Gasteiger partial charge in [-0.05, 0) is 24.6 Å². The zero-order valence-corrected chi connectivity index (χ0v) is 12.8. The van der Waals surface area contributed by atoms with Crippen molar-refractivity contribution >= 4 is 27.4 Å². The van der Waals surface area contributed by atoms with Gasteiger partial charge in [-0.15, -0.1) is 0 Å². The summed E-state index contributed by atoms with van der Waals surface area (Å²) in [6, 6.07) is 4.16. The number of phenols is 1. The average Bonchev–Trinajstić information content (AvgIpc) is 2.73. The summed E-state index contributed by atoms with van der Waals surface area (Å²) in [4.78, 5) is 12.5. The molecule has 1 saturated heterocycles. The maximum absolute atomic E-state index is 11.6. The second-order valence-electron chi connectivity index (χ2n) is 5.13. The van der Waals surface area contributed by atoms with Gasteiger partial charge in [0, 0.05) is 23.2 Å². The molecule has 0 bridgehead atoms. The summed E-state index contributed by atoms with van der Waals surface area (Å²) in [5.41, 5.74) is 0.480. The Morgan fingerprint density at radius 2 is 2.14 bits per heavy atom. The second kappa shape index (κ2) is 6.21. The molecule has 1 unspecified atom stereocenters. The fourth-order valence-corrected chi connectivity index (χ4v) is 4.41. The fourth-order valence-electron chi connectivity index (χ4n) is 2.45. The molecule has 0 aromatic heterocycles. The largest absolute Gasteiger partial charge is 0.508 e. The molecule has 2 N–H and O–H groups in total. The predicted molar refractivity (Wildman–Crippen MR) is 78.2 cm³/mol. The minimum Gasteiger partial charge on any atom is -0.508 e. The minimum absolute atomic E-state index is 0.00985. The number of carboxylic acid groups (broad SMARTS) is 1. The van der Waals surface area contributed by atoms with Crippen LogP contribution < -0.4 is 0 Å². The summed E-state index contributed by atoms with van der Waals surface area (Å²) in [6.07, 6.45) is 0.400. The summed E-state index contributed by atoms with van der Waals surface area (Å²) in [7, 11) is -3.11. The van der Waals surface area contributed by atoms with Gasteiger partial charge >= 0.3 is 5.97 Å². The summed E-state index contributed by atoms with van der Waals surface area (Å²) in [5, 5.41) is 19.2. The van der Waals surface area contributed by atoms with E-state index in [0.717, 1.165) is 0 Å². The van der Waals surface area contributed by atoms with Crippen molar-refractivity contribution in [3.8, 4) is 5.75 Å². The number of aliphatic carboxylic acids is 1. The Labute approximate surface area is 127 Å². The van der Waals surface area contributed by atoms with Gasteiger partial charge in [0.1, 0.15) is 5.75 Å². The van der Waals surface area contributed by atoms with Crippen molar-refractivity contribution < 1.29 is 23.4 Å². The van der Waals surface area contributed by atoms with Crippen molar-refractivity contribution in [2.45, 2.75) is 19.0 Å². The Kier molecular flexibility index (Phi) is 4.75. The van der Waals surface area contributed by atoms with Crippen LogP contribution in [0, 0.1) is 0 Å². The van der Waals surface area contributed by atoms with Crippen LogP contribution in [0.5, 0.6) is 5.75 Å². The SMILES string of the molecule is O=C(O)CN(Cc1cc(Cl)ccc1O)C1CCS(=O)(=O)C1. The van der Waals surface area contributed by atoms with E-state index in [1.54, 1.807) is 11.0 Å². The summed E-state index contributed by atoms with van der Waals surface area (Å²) < 4.78 is 23.1. The average molecular weight is 334 g/mol. The molecule has 6 nitrogen and oxygen atoms in total. The van der Waals surface area contributed by atoms with Crippen LogP contribution in [0.4, 0.5) is 0 Å². The predicted octanol–water partition coefficient (Wildman–Crippen LogP) is 1.12. The van der Waals surface area contributed by atoms with Crippen molar-refractivity contribution in [3.63, 3.8) is 0 Å². The van der Waals surface area contributed by atoms with E-state index < -0.39 is 15.8 Å². The van der Waals surface area contributed by atoms with E-state index >= 15 is 0 Å². The lowest BCUT2D eigenvalue weighted by Crippen LogP contribution is -2.39. The normalized spacial score (nSPS) is 20.8. The molecule has 8 heteroatoms. The van der Waals surface area contributed by atoms with Gasteiger partial charge in [0.05, 0.1) is 18.1 Å². The number of hydrogen-bond acceptors (Lipinski definition) is 5. The molecule has 1 atom stereocenters. The number of phenolic OH excluding ortho intramolecular Hbond substituents is 1. The molecule has 0 aliphatic carbocycles. The Morgan fingerprint density at radius 1 is 1.43 bits per heavy atom. The van der Waals surface area contributed by atoms with Crippen molar-refractivity contribution in [1.82, 2.24) is 4.90 Å². The standard InChI is InChI=1S/C13H16ClNO5S/c14-10-1-2-12(16)9(5-10)6-15(7-13(17)18)11-3-4-21(19,20)8-11/h1-2,5,11,16H,3-4,6-8H2,(H,17,18). The minimum atomic E-state index is -3.11. The van der Waals surface area contributed by atoms with Gasteiger partial charge in [-0.3, -0.25) is 9.69 Å². The number of nitrogens with zero attached hydrogens (tertiary/aromatic N) is 1. The summed E-state index contributed by atoms with van der Waals surface area (Å²) in [5.74, 6) is -1.02. The highest BCUT2D eigenvalue weighted by molar-refractivity contribution is 7.91. The number of aromatic hydroxyl groups is 1. The van der Waals surface area contributed by atoms with Crippen molar-refractivity contribution in [2.24, 2.45) is 0 Å². The third-order valence-corrected chi connectivity index (χ3v) is 5.46. The number of hydrogen-bond donors (Lipinski definition) is 2. The van der Waals surface area contributed by atoms with Crippen molar-refractivity contribution in [3.05, 3.63) is 28.8 Å². The second-order valence-corrected chi connectivity index (χ2v) is 7.79. The Bertz CT molecular complexity index is 646. The van der Waals surface area contributed by atoms with Crippen LogP contribution in [-0.4, -0.2) is 53.6 Å². The van der Waals surface area contributed by atoms with Crippen molar-refractivity contribution in [2.75, 3.05) is 18.1 Å². The number of carbonyl (C=O) groups is 1. The van der Waals surface area contributed by atoms with Gasteiger partial charge in [0.15, 0.2) is 9.84 Å². The molecule has 0 saturated carbocycles. The van der Waals surface area contributed by atoms with Crippen LogP contribution in [0.1, 0.15) is 12.0 Å². The molecule has 1 aromatic rings. The first-order chi connectivity index (χ1) is 9.77. The highest BCUT2D eigenvalue weighted by Crippen LogP contribution is 2.26. The first-order valence-corrected chi connectivity index (χ1v) is 8.60. The monoisotopic (exact) mass is 333 g/mol. The van der Waals surface area contributed by atoms with E-state index in [1.807, 2.05) is 0 Å². The zero-order valence-electron chi connectivity index (χ0n) is 11.2. The summed E-state index contributed by atoms with van der Waals surface area (Å²) >= 11 is 5.87. The third kappa shape index (κ3) is 4.33. The lowest BCUT2D eigenvalue weighted by atomic mass is 10.1. The lowest BCUT2D eigenvalue weighted by Gasteiger charge is -2.26. The van der Waals surface area contributed by atoms with Crippen LogP contribution in [0.25, 0.3) is 0 Å².